The summed E-state index contributed by atoms with van der Waals surface area (Å²) in [5.74, 6) is -0.206. The number of carboxylic acids is 1. The number of nitrogens with two attached hydrogens (primary N) is 1. The van der Waals surface area contributed by atoms with E-state index in [0.29, 0.717) is 34.1 Å². The highest BCUT2D eigenvalue weighted by molar-refractivity contribution is 8.18. The summed E-state index contributed by atoms with van der Waals surface area (Å²) in [5.41, 5.74) is 7.29. The molecule has 1 aliphatic rings. The zero-order valence-corrected chi connectivity index (χ0v) is 20.5. The van der Waals surface area contributed by atoms with Crippen molar-refractivity contribution in [3.63, 3.8) is 0 Å². The normalized spacial score (nSPS) is 16.0. The fraction of sp³-hybridized carbons (Fsp3) is 0.250. The Morgan fingerprint density at radius 1 is 1.14 bits per heavy atom. The Kier molecular flexibility index (Phi) is 9.35. The van der Waals surface area contributed by atoms with Crippen molar-refractivity contribution in [2.45, 2.75) is 24.9 Å². The molecule has 1 aliphatic heterocycles. The summed E-state index contributed by atoms with van der Waals surface area (Å²) in [4.78, 5) is 47.0. The average Bonchev–Trinajstić information content (AvgIpc) is 3.15. The van der Waals surface area contributed by atoms with Crippen LogP contribution >= 0.6 is 23.5 Å². The Morgan fingerprint density at radius 3 is 2.31 bits per heavy atom. The summed E-state index contributed by atoms with van der Waals surface area (Å²) < 4.78 is 5.82. The summed E-state index contributed by atoms with van der Waals surface area (Å²) in [6.45, 7) is 0. The molecule has 1 fully saturated rings. The molecule has 3 rings (SSSR count). The minimum Gasteiger partial charge on any atom is -0.480 e. The van der Waals surface area contributed by atoms with Crippen molar-refractivity contribution < 1.29 is 29.0 Å². The summed E-state index contributed by atoms with van der Waals surface area (Å²) in [6, 6.07) is 12.0. The van der Waals surface area contributed by atoms with E-state index in [1.165, 1.54) is 0 Å². The molecule has 9 nitrogen and oxygen atoms in total. The molecule has 0 bridgehead atoms. The molecule has 0 saturated carbocycles. The monoisotopic (exact) mass is 515 g/mol. The number of nitrogens with one attached hydrogen (secondary N) is 2. The van der Waals surface area contributed by atoms with Crippen molar-refractivity contribution in [3.8, 4) is 11.5 Å². The van der Waals surface area contributed by atoms with E-state index in [9.17, 15) is 24.3 Å². The molecule has 1 saturated heterocycles. The molecule has 5 N–H and O–H groups in total. The molecular formula is C24H25N3O6S2. The van der Waals surface area contributed by atoms with Gasteiger partial charge in [0.25, 0.3) is 11.1 Å². The first-order valence-electron chi connectivity index (χ1n) is 10.6. The van der Waals surface area contributed by atoms with Gasteiger partial charge in [0.2, 0.25) is 5.91 Å². The molecule has 2 unspecified atom stereocenters. The van der Waals surface area contributed by atoms with Crippen LogP contribution in [0.15, 0.2) is 53.4 Å². The van der Waals surface area contributed by atoms with Crippen LogP contribution in [-0.4, -0.2) is 52.2 Å². The van der Waals surface area contributed by atoms with Gasteiger partial charge in [-0.05, 0) is 71.7 Å². The van der Waals surface area contributed by atoms with Gasteiger partial charge < -0.3 is 20.9 Å². The van der Waals surface area contributed by atoms with E-state index in [-0.39, 0.29) is 6.42 Å². The van der Waals surface area contributed by atoms with Crippen molar-refractivity contribution >= 4 is 52.6 Å². The third-order valence-corrected chi connectivity index (χ3v) is 6.46. The van der Waals surface area contributed by atoms with Gasteiger partial charge in [-0.2, -0.15) is 11.8 Å². The van der Waals surface area contributed by atoms with Crippen LogP contribution in [0.2, 0.25) is 0 Å². The maximum atomic E-state index is 12.2. The first-order valence-corrected chi connectivity index (χ1v) is 12.9. The average molecular weight is 516 g/mol. The number of rotatable bonds is 11. The lowest BCUT2D eigenvalue weighted by Gasteiger charge is -2.18. The standard InChI is InChI=1S/C24H25N3O6S2/c1-34-11-10-18(25)21(28)26-19(23(30)31)12-14-2-6-16(7-3-14)33-17-8-4-15(5-9-17)13-20-22(29)27-24(32)35-20/h2-9,13,18-19H,10-12,25H2,1H3,(H,26,28)(H,30,31)(H,27,29,32). The molecule has 11 heteroatoms. The molecule has 2 aromatic carbocycles. The van der Waals surface area contributed by atoms with Gasteiger partial charge in [0.1, 0.15) is 17.5 Å². The number of imide groups is 1. The van der Waals surface area contributed by atoms with Crippen molar-refractivity contribution in [1.82, 2.24) is 10.6 Å². The molecule has 0 spiro atoms. The number of aliphatic carboxylic acids is 1. The molecule has 2 aromatic rings. The maximum Gasteiger partial charge on any atom is 0.326 e. The highest BCUT2D eigenvalue weighted by Crippen LogP contribution is 2.27. The second kappa shape index (κ2) is 12.4. The lowest BCUT2D eigenvalue weighted by molar-refractivity contribution is -0.142. The summed E-state index contributed by atoms with van der Waals surface area (Å²) >= 11 is 2.42. The highest BCUT2D eigenvalue weighted by atomic mass is 32.2. The van der Waals surface area contributed by atoms with E-state index >= 15 is 0 Å². The first kappa shape index (κ1) is 26.3. The maximum absolute atomic E-state index is 12.2. The second-order valence-corrected chi connectivity index (χ2v) is 9.66. The lowest BCUT2D eigenvalue weighted by atomic mass is 10.1. The number of amides is 3. The lowest BCUT2D eigenvalue weighted by Crippen LogP contribution is -2.49. The van der Waals surface area contributed by atoms with Gasteiger partial charge in [-0.3, -0.25) is 19.7 Å². The molecule has 35 heavy (non-hydrogen) atoms. The zero-order valence-electron chi connectivity index (χ0n) is 18.9. The van der Waals surface area contributed by atoms with Crippen LogP contribution < -0.4 is 21.1 Å². The van der Waals surface area contributed by atoms with Gasteiger partial charge in [-0.25, -0.2) is 4.79 Å². The molecule has 1 heterocycles. The Balaban J connectivity index is 1.57. The van der Waals surface area contributed by atoms with Gasteiger partial charge in [0, 0.05) is 6.42 Å². The zero-order chi connectivity index (χ0) is 25.4. The van der Waals surface area contributed by atoms with Gasteiger partial charge in [-0.15, -0.1) is 0 Å². The van der Waals surface area contributed by atoms with Crippen LogP contribution in [0.1, 0.15) is 17.5 Å². The largest absolute Gasteiger partial charge is 0.480 e. The third-order valence-electron chi connectivity index (χ3n) is 5.00. The van der Waals surface area contributed by atoms with Gasteiger partial charge in [0.05, 0.1) is 10.9 Å². The molecule has 0 radical (unpaired) electrons. The van der Waals surface area contributed by atoms with Crippen molar-refractivity contribution in [2.24, 2.45) is 5.73 Å². The number of thioether (sulfide) groups is 2. The van der Waals surface area contributed by atoms with Crippen molar-refractivity contribution in [3.05, 3.63) is 64.6 Å². The predicted molar refractivity (Wildman–Crippen MR) is 136 cm³/mol. The Hall–Kier alpha value is -3.28. The van der Waals surface area contributed by atoms with Crippen LogP contribution in [-0.2, 0) is 20.8 Å². The van der Waals surface area contributed by atoms with Gasteiger partial charge in [-0.1, -0.05) is 24.3 Å². The number of hydrogen-bond donors (Lipinski definition) is 4. The van der Waals surface area contributed by atoms with E-state index in [1.807, 2.05) is 6.26 Å². The van der Waals surface area contributed by atoms with Crippen LogP contribution in [0.25, 0.3) is 6.08 Å². The Bertz CT molecular complexity index is 1120. The second-order valence-electron chi connectivity index (χ2n) is 7.66. The summed E-state index contributed by atoms with van der Waals surface area (Å²) in [5, 5.41) is 13.8. The molecule has 2 atom stereocenters. The van der Waals surface area contributed by atoms with E-state index in [0.717, 1.165) is 17.3 Å². The van der Waals surface area contributed by atoms with Crippen molar-refractivity contribution in [2.75, 3.05) is 12.0 Å². The minimum atomic E-state index is -1.14. The number of carboxylic acid groups (broad SMARTS) is 1. The molecular weight excluding hydrogens is 490 g/mol. The highest BCUT2D eigenvalue weighted by Gasteiger charge is 2.25. The van der Waals surface area contributed by atoms with E-state index in [4.69, 9.17) is 10.5 Å². The number of ether oxygens (including phenoxy) is 1. The van der Waals surface area contributed by atoms with Gasteiger partial charge >= 0.3 is 5.97 Å². The first-order chi connectivity index (χ1) is 16.7. The smallest absolute Gasteiger partial charge is 0.326 e. The summed E-state index contributed by atoms with van der Waals surface area (Å²) in [6.07, 6.45) is 4.11. The Labute approximate surface area is 210 Å². The minimum absolute atomic E-state index is 0.105. The van der Waals surface area contributed by atoms with E-state index in [1.54, 1.807) is 66.4 Å². The fourth-order valence-corrected chi connectivity index (χ4v) is 4.30. The van der Waals surface area contributed by atoms with E-state index in [2.05, 4.69) is 10.6 Å². The topological polar surface area (TPSA) is 148 Å². The molecule has 3 amide bonds. The van der Waals surface area contributed by atoms with Crippen LogP contribution in [0, 0.1) is 0 Å². The number of carbonyl (C=O) groups excluding carboxylic acids is 3. The van der Waals surface area contributed by atoms with Crippen LogP contribution in [0.5, 0.6) is 11.5 Å². The van der Waals surface area contributed by atoms with E-state index < -0.39 is 35.1 Å². The summed E-state index contributed by atoms with van der Waals surface area (Å²) in [7, 11) is 0. The molecule has 0 aromatic heterocycles. The quantitative estimate of drug-likeness (QED) is 0.331. The van der Waals surface area contributed by atoms with Crippen LogP contribution in [0.3, 0.4) is 0 Å². The third kappa shape index (κ3) is 7.88. The number of carbonyl (C=O) groups is 4. The molecule has 0 aliphatic carbocycles. The van der Waals surface area contributed by atoms with Crippen molar-refractivity contribution in [1.29, 1.82) is 0 Å². The fourth-order valence-electron chi connectivity index (χ4n) is 3.12. The number of benzene rings is 2. The molecule has 184 valence electrons. The number of hydrogen-bond acceptors (Lipinski definition) is 8. The van der Waals surface area contributed by atoms with Crippen LogP contribution in [0.4, 0.5) is 4.79 Å². The van der Waals surface area contributed by atoms with Gasteiger partial charge in [0.15, 0.2) is 0 Å². The predicted octanol–water partition coefficient (Wildman–Crippen LogP) is 3.00. The SMILES string of the molecule is CSCCC(N)C(=O)NC(Cc1ccc(Oc2ccc(C=C3SC(=O)NC3=O)cc2)cc1)C(=O)O. The Morgan fingerprint density at radius 2 is 1.77 bits per heavy atom.